The van der Waals surface area contributed by atoms with Gasteiger partial charge in [-0.1, -0.05) is 22.1 Å². The number of fused-ring (bicyclic) bond motifs is 1. The Hall–Kier alpha value is -0.890. The molecular weight excluding hydrogens is 263 g/mol. The topological polar surface area (TPSA) is 52.6 Å². The highest BCUT2D eigenvalue weighted by Crippen LogP contribution is 2.45. The molecule has 1 heterocycles. The van der Waals surface area contributed by atoms with E-state index in [1.807, 2.05) is 6.66 Å². The van der Waals surface area contributed by atoms with Crippen LogP contribution in [0.1, 0.15) is 26.7 Å². The lowest BCUT2D eigenvalue weighted by atomic mass is 9.91. The van der Waals surface area contributed by atoms with Gasteiger partial charge in [-0.3, -0.25) is 4.79 Å². The smallest absolute Gasteiger partial charge is 0.338 e. The monoisotopic (exact) mass is 284 g/mol. The lowest BCUT2D eigenvalue weighted by Gasteiger charge is -2.23. The maximum Gasteiger partial charge on any atom is 0.338 e. The van der Waals surface area contributed by atoms with E-state index in [1.54, 1.807) is 6.92 Å². The van der Waals surface area contributed by atoms with Gasteiger partial charge in [0.25, 0.3) is 0 Å². The van der Waals surface area contributed by atoms with Gasteiger partial charge in [0.15, 0.2) is 0 Å². The predicted molar refractivity (Wildman–Crippen MR) is 74.2 cm³/mol. The van der Waals surface area contributed by atoms with Crippen LogP contribution in [-0.2, 0) is 19.1 Å². The Morgan fingerprint density at radius 3 is 2.84 bits per heavy atom. The highest BCUT2D eigenvalue weighted by Gasteiger charge is 2.51. The van der Waals surface area contributed by atoms with Gasteiger partial charge in [-0.05, 0) is 32.3 Å². The average molecular weight is 284 g/mol. The van der Waals surface area contributed by atoms with Gasteiger partial charge in [0.2, 0.25) is 0 Å². The van der Waals surface area contributed by atoms with Crippen LogP contribution in [0.3, 0.4) is 0 Å². The van der Waals surface area contributed by atoms with Crippen molar-refractivity contribution in [1.82, 2.24) is 0 Å². The molecule has 1 saturated heterocycles. The maximum atomic E-state index is 11.8. The Balaban J connectivity index is 2.00. The lowest BCUT2D eigenvalue weighted by molar-refractivity contribution is -0.158. The van der Waals surface area contributed by atoms with Crippen molar-refractivity contribution in [3.05, 3.63) is 11.9 Å². The van der Waals surface area contributed by atoms with Crippen LogP contribution in [-0.4, -0.2) is 30.8 Å². The third-order valence-electron chi connectivity index (χ3n) is 4.13. The maximum absolute atomic E-state index is 11.8. The summed E-state index contributed by atoms with van der Waals surface area (Å²) in [7, 11) is 0.338. The first-order valence-electron chi connectivity index (χ1n) is 6.72. The minimum Gasteiger partial charge on any atom is -0.458 e. The van der Waals surface area contributed by atoms with Crippen molar-refractivity contribution in [3.63, 3.8) is 0 Å². The van der Waals surface area contributed by atoms with E-state index in [4.69, 9.17) is 9.47 Å². The van der Waals surface area contributed by atoms with Crippen LogP contribution in [0.4, 0.5) is 0 Å². The molecule has 5 heteroatoms. The molecule has 1 aliphatic heterocycles. The zero-order valence-electron chi connectivity index (χ0n) is 11.6. The molecule has 106 valence electrons. The second-order valence-electron chi connectivity index (χ2n) is 5.59. The normalized spacial score (nSPS) is 35.2. The van der Waals surface area contributed by atoms with Crippen LogP contribution < -0.4 is 0 Å². The van der Waals surface area contributed by atoms with Gasteiger partial charge in [-0.15, -0.1) is 0 Å². The Kier molecular flexibility index (Phi) is 4.29. The molecule has 19 heavy (non-hydrogen) atoms. The van der Waals surface area contributed by atoms with Gasteiger partial charge < -0.3 is 9.47 Å². The molecule has 0 radical (unpaired) electrons. The number of esters is 2. The quantitative estimate of drug-likeness (QED) is 0.451. The van der Waals surface area contributed by atoms with Crippen molar-refractivity contribution in [1.29, 1.82) is 0 Å². The molecule has 4 nitrogen and oxygen atoms in total. The number of carbonyl (C=O) groups excluding carboxylic acids is 2. The fraction of sp³-hybridized carbons (Fsp3) is 0.714. The van der Waals surface area contributed by atoms with E-state index < -0.39 is 6.10 Å². The first-order chi connectivity index (χ1) is 8.93. The zero-order valence-corrected chi connectivity index (χ0v) is 12.6. The third kappa shape index (κ3) is 2.84. The van der Waals surface area contributed by atoms with Crippen LogP contribution in [0.2, 0.25) is 0 Å². The first kappa shape index (κ1) is 14.5. The number of cyclic esters (lactones) is 1. The van der Waals surface area contributed by atoms with Crippen molar-refractivity contribution in [3.8, 4) is 0 Å². The number of rotatable bonds is 4. The SMILES string of the molecule is C=C(PC)C(=O)OC(C)C1OC(=O)C2CC(C)CC21. The molecule has 0 aromatic heterocycles. The summed E-state index contributed by atoms with van der Waals surface area (Å²) >= 11 is 0. The fourth-order valence-electron chi connectivity index (χ4n) is 3.13. The van der Waals surface area contributed by atoms with Gasteiger partial charge in [0.1, 0.15) is 12.2 Å². The molecular formula is C14H21O4P. The minimum atomic E-state index is -0.398. The van der Waals surface area contributed by atoms with E-state index in [-0.39, 0.29) is 29.9 Å². The van der Waals surface area contributed by atoms with E-state index in [2.05, 4.69) is 13.5 Å². The summed E-state index contributed by atoms with van der Waals surface area (Å²) in [4.78, 5) is 23.5. The number of carbonyl (C=O) groups is 2. The van der Waals surface area contributed by atoms with E-state index >= 15 is 0 Å². The molecule has 1 saturated carbocycles. The van der Waals surface area contributed by atoms with E-state index in [9.17, 15) is 9.59 Å². The molecule has 2 rings (SSSR count). The van der Waals surface area contributed by atoms with Crippen molar-refractivity contribution in [2.45, 2.75) is 38.9 Å². The largest absolute Gasteiger partial charge is 0.458 e. The van der Waals surface area contributed by atoms with Crippen molar-refractivity contribution in [2.24, 2.45) is 17.8 Å². The Labute approximate surface area is 115 Å². The molecule has 0 aromatic rings. The molecule has 6 unspecified atom stereocenters. The molecule has 2 fully saturated rings. The average Bonchev–Trinajstić information content (AvgIpc) is 2.87. The van der Waals surface area contributed by atoms with Gasteiger partial charge in [0, 0.05) is 5.92 Å². The summed E-state index contributed by atoms with van der Waals surface area (Å²) in [6.45, 7) is 9.51. The number of hydrogen-bond donors (Lipinski definition) is 0. The van der Waals surface area contributed by atoms with E-state index in [0.717, 1.165) is 12.8 Å². The number of hydrogen-bond acceptors (Lipinski definition) is 4. The zero-order chi connectivity index (χ0) is 14.2. The third-order valence-corrected chi connectivity index (χ3v) is 4.94. The minimum absolute atomic E-state index is 0.00240. The summed E-state index contributed by atoms with van der Waals surface area (Å²) in [6.07, 6.45) is 1.17. The standard InChI is InChI=1S/C14H21O4P/c1-7-5-10-11(6-7)14(16)18-12(10)8(2)17-13(15)9(3)19-4/h7-8,10-12,19H,3,5-6H2,1-2,4H3. The predicted octanol–water partition coefficient (Wildman–Crippen LogP) is 2.33. The number of ether oxygens (including phenoxy) is 2. The second-order valence-corrected chi connectivity index (χ2v) is 6.69. The molecule has 1 aliphatic carbocycles. The van der Waals surface area contributed by atoms with Crippen molar-refractivity contribution >= 4 is 20.5 Å². The Morgan fingerprint density at radius 1 is 1.53 bits per heavy atom. The van der Waals surface area contributed by atoms with Gasteiger partial charge in [-0.25, -0.2) is 4.79 Å². The summed E-state index contributed by atoms with van der Waals surface area (Å²) in [5.41, 5.74) is 0. The molecule has 0 aromatic carbocycles. The van der Waals surface area contributed by atoms with E-state index in [0.29, 0.717) is 19.8 Å². The first-order valence-corrected chi connectivity index (χ1v) is 8.22. The fourth-order valence-corrected chi connectivity index (χ4v) is 3.39. The van der Waals surface area contributed by atoms with Crippen LogP contribution in [0.5, 0.6) is 0 Å². The van der Waals surface area contributed by atoms with Crippen LogP contribution in [0.25, 0.3) is 0 Å². The molecule has 2 aliphatic rings. The summed E-state index contributed by atoms with van der Waals surface area (Å²) in [6, 6.07) is 0. The van der Waals surface area contributed by atoms with Crippen LogP contribution >= 0.6 is 8.58 Å². The summed E-state index contributed by atoms with van der Waals surface area (Å²) in [5, 5.41) is 0.479. The van der Waals surface area contributed by atoms with E-state index in [1.165, 1.54) is 0 Å². The molecule has 0 N–H and O–H groups in total. The molecule has 0 bridgehead atoms. The van der Waals surface area contributed by atoms with Crippen molar-refractivity contribution < 1.29 is 19.1 Å². The second kappa shape index (κ2) is 5.62. The molecule has 6 atom stereocenters. The van der Waals surface area contributed by atoms with Gasteiger partial charge >= 0.3 is 11.9 Å². The van der Waals surface area contributed by atoms with Crippen molar-refractivity contribution in [2.75, 3.05) is 6.66 Å². The van der Waals surface area contributed by atoms with Crippen LogP contribution in [0, 0.1) is 17.8 Å². The van der Waals surface area contributed by atoms with Gasteiger partial charge in [-0.2, -0.15) is 0 Å². The highest BCUT2D eigenvalue weighted by molar-refractivity contribution is 7.43. The Morgan fingerprint density at radius 2 is 2.21 bits per heavy atom. The molecule has 0 amide bonds. The molecule has 0 spiro atoms. The van der Waals surface area contributed by atoms with Crippen LogP contribution in [0.15, 0.2) is 11.9 Å². The van der Waals surface area contributed by atoms with Gasteiger partial charge in [0.05, 0.1) is 11.2 Å². The lowest BCUT2D eigenvalue weighted by Crippen LogP contribution is -2.33. The summed E-state index contributed by atoms with van der Waals surface area (Å²) in [5.74, 6) is 0.234. The highest BCUT2D eigenvalue weighted by atomic mass is 31.1. The summed E-state index contributed by atoms with van der Waals surface area (Å²) < 4.78 is 10.8. The Bertz CT molecular complexity index is 406.